The molecule has 29 heavy (non-hydrogen) atoms. The van der Waals surface area contributed by atoms with Crippen molar-refractivity contribution >= 4 is 39.9 Å². The minimum atomic E-state index is -1.11. The van der Waals surface area contributed by atoms with Gasteiger partial charge in [0.25, 0.3) is 11.8 Å². The van der Waals surface area contributed by atoms with E-state index in [1.165, 1.54) is 20.2 Å². The van der Waals surface area contributed by atoms with E-state index in [4.69, 9.17) is 14.6 Å². The number of methoxy groups -OCH3 is 1. The van der Waals surface area contributed by atoms with Crippen molar-refractivity contribution < 1.29 is 29.0 Å². The van der Waals surface area contributed by atoms with E-state index in [1.54, 1.807) is 12.1 Å². The van der Waals surface area contributed by atoms with Crippen molar-refractivity contribution in [2.75, 3.05) is 7.11 Å². The Bertz CT molecular complexity index is 929. The molecule has 1 aliphatic heterocycles. The maximum atomic E-state index is 12.7. The number of carbonyl (C=O) groups excluding carboxylic acids is 2. The molecule has 3 aliphatic rings. The summed E-state index contributed by atoms with van der Waals surface area (Å²) in [4.78, 5) is 36.4. The Kier molecular flexibility index (Phi) is 4.94. The molecular weight excluding hydrogens is 444 g/mol. The second-order valence-corrected chi connectivity index (χ2v) is 8.22. The Morgan fingerprint density at radius 1 is 1.28 bits per heavy atom. The van der Waals surface area contributed by atoms with Crippen LogP contribution in [0.25, 0.3) is 0 Å². The molecule has 2 amide bonds. The van der Waals surface area contributed by atoms with Gasteiger partial charge in [-0.15, -0.1) is 0 Å². The number of carboxylic acids is 1. The maximum absolute atomic E-state index is 12.7. The Morgan fingerprint density at radius 3 is 2.45 bits per heavy atom. The topological polar surface area (TPSA) is 106 Å². The molecule has 8 nitrogen and oxygen atoms in total. The molecule has 0 spiro atoms. The van der Waals surface area contributed by atoms with E-state index in [-0.39, 0.29) is 41.2 Å². The average molecular weight is 463 g/mol. The number of hydrogen-bond acceptors (Lipinski definition) is 6. The molecular formula is C20H19BrN2O6. The van der Waals surface area contributed by atoms with Gasteiger partial charge in [-0.05, 0) is 58.8 Å². The second kappa shape index (κ2) is 7.29. The Labute approximate surface area is 175 Å². The first kappa shape index (κ1) is 19.6. The average Bonchev–Trinajstić information content (AvgIpc) is 3.36. The van der Waals surface area contributed by atoms with Crippen molar-refractivity contribution in [3.8, 4) is 11.5 Å². The fourth-order valence-corrected chi connectivity index (χ4v) is 4.83. The number of nitrogens with zero attached hydrogens (tertiary/aromatic N) is 2. The van der Waals surface area contributed by atoms with Gasteiger partial charge < -0.3 is 14.6 Å². The number of hydrazone groups is 1. The molecule has 1 saturated heterocycles. The number of halogens is 1. The standard InChI is InChI=1S/C20H19BrN2O6/c1-9(20(26)27)29-17-13(21)5-10(6-14(17)28-2)8-22-23-18(24)15-11-3-4-12(7-11)16(15)19(23)25/h3-6,8-9,11-12,15-16H,7H2,1-2H3,(H,26,27). The van der Waals surface area contributed by atoms with Crippen LogP contribution < -0.4 is 9.47 Å². The summed E-state index contributed by atoms with van der Waals surface area (Å²) in [5.74, 6) is -1.42. The van der Waals surface area contributed by atoms with Crippen LogP contribution >= 0.6 is 15.9 Å². The van der Waals surface area contributed by atoms with E-state index >= 15 is 0 Å². The summed E-state index contributed by atoms with van der Waals surface area (Å²) < 4.78 is 11.2. The van der Waals surface area contributed by atoms with Crippen LogP contribution in [0.4, 0.5) is 0 Å². The number of imide groups is 1. The summed E-state index contributed by atoms with van der Waals surface area (Å²) in [5, 5.41) is 14.2. The molecule has 5 unspecified atom stereocenters. The Balaban J connectivity index is 1.56. The second-order valence-electron chi connectivity index (χ2n) is 7.37. The van der Waals surface area contributed by atoms with Crippen molar-refractivity contribution in [3.05, 3.63) is 34.3 Å². The zero-order chi connectivity index (χ0) is 20.9. The van der Waals surface area contributed by atoms with Gasteiger partial charge in [0.1, 0.15) is 0 Å². The molecule has 1 heterocycles. The molecule has 5 atom stereocenters. The van der Waals surface area contributed by atoms with Gasteiger partial charge in [0, 0.05) is 0 Å². The first-order valence-electron chi connectivity index (χ1n) is 9.19. The predicted molar refractivity (Wildman–Crippen MR) is 106 cm³/mol. The minimum Gasteiger partial charge on any atom is -0.493 e. The summed E-state index contributed by atoms with van der Waals surface area (Å²) in [7, 11) is 1.43. The highest BCUT2D eigenvalue weighted by molar-refractivity contribution is 9.10. The molecule has 2 aliphatic carbocycles. The molecule has 4 rings (SSSR count). The summed E-state index contributed by atoms with van der Waals surface area (Å²) in [5.41, 5.74) is 0.558. The number of hydrogen-bond donors (Lipinski definition) is 1. The third kappa shape index (κ3) is 3.23. The summed E-state index contributed by atoms with van der Waals surface area (Å²) in [6.07, 6.45) is 5.27. The highest BCUT2D eigenvalue weighted by Gasteiger charge is 2.59. The lowest BCUT2D eigenvalue weighted by Gasteiger charge is -2.16. The minimum absolute atomic E-state index is 0.128. The monoisotopic (exact) mass is 462 g/mol. The zero-order valence-electron chi connectivity index (χ0n) is 15.7. The van der Waals surface area contributed by atoms with E-state index in [0.29, 0.717) is 15.8 Å². The van der Waals surface area contributed by atoms with Gasteiger partial charge in [-0.25, -0.2) is 4.79 Å². The number of rotatable bonds is 6. The number of carbonyl (C=O) groups is 3. The molecule has 1 saturated carbocycles. The van der Waals surface area contributed by atoms with Crippen molar-refractivity contribution in [1.29, 1.82) is 0 Å². The van der Waals surface area contributed by atoms with Crippen LogP contribution in [-0.4, -0.2) is 47.3 Å². The molecule has 1 aromatic carbocycles. The summed E-state index contributed by atoms with van der Waals surface area (Å²) >= 11 is 3.34. The molecule has 0 aromatic heterocycles. The highest BCUT2D eigenvalue weighted by Crippen LogP contribution is 2.52. The van der Waals surface area contributed by atoms with E-state index in [0.717, 1.165) is 11.4 Å². The van der Waals surface area contributed by atoms with Crippen molar-refractivity contribution in [2.45, 2.75) is 19.4 Å². The number of ether oxygens (including phenoxy) is 2. The Morgan fingerprint density at radius 2 is 1.90 bits per heavy atom. The van der Waals surface area contributed by atoms with Crippen LogP contribution in [0.2, 0.25) is 0 Å². The Hall–Kier alpha value is -2.68. The van der Waals surface area contributed by atoms with Crippen molar-refractivity contribution in [2.24, 2.45) is 28.8 Å². The van der Waals surface area contributed by atoms with E-state index in [2.05, 4.69) is 21.0 Å². The fraction of sp³-hybridized carbons (Fsp3) is 0.400. The molecule has 0 radical (unpaired) electrons. The van der Waals surface area contributed by atoms with Crippen LogP contribution in [0.3, 0.4) is 0 Å². The first-order chi connectivity index (χ1) is 13.8. The number of carboxylic acid groups (broad SMARTS) is 1. The van der Waals surface area contributed by atoms with Gasteiger partial charge in [0.05, 0.1) is 29.6 Å². The van der Waals surface area contributed by atoms with Gasteiger partial charge in [-0.2, -0.15) is 10.1 Å². The van der Waals surface area contributed by atoms with Crippen LogP contribution in [0.1, 0.15) is 18.9 Å². The van der Waals surface area contributed by atoms with Gasteiger partial charge >= 0.3 is 5.97 Å². The smallest absolute Gasteiger partial charge is 0.344 e. The van der Waals surface area contributed by atoms with Crippen LogP contribution in [-0.2, 0) is 14.4 Å². The maximum Gasteiger partial charge on any atom is 0.344 e. The number of benzene rings is 1. The van der Waals surface area contributed by atoms with Crippen LogP contribution in [0.5, 0.6) is 11.5 Å². The van der Waals surface area contributed by atoms with Crippen LogP contribution in [0.15, 0.2) is 33.9 Å². The van der Waals surface area contributed by atoms with E-state index in [9.17, 15) is 14.4 Å². The van der Waals surface area contributed by atoms with Crippen molar-refractivity contribution in [1.82, 2.24) is 5.01 Å². The largest absolute Gasteiger partial charge is 0.493 e. The number of aliphatic carboxylic acids is 1. The van der Waals surface area contributed by atoms with Gasteiger partial charge in [-0.3, -0.25) is 9.59 Å². The molecule has 1 aromatic rings. The molecule has 2 fully saturated rings. The molecule has 1 N–H and O–H groups in total. The first-order valence-corrected chi connectivity index (χ1v) is 9.98. The molecule has 152 valence electrons. The van der Waals surface area contributed by atoms with Crippen LogP contribution in [0, 0.1) is 23.7 Å². The molecule has 2 bridgehead atoms. The predicted octanol–water partition coefficient (Wildman–Crippen LogP) is 2.45. The highest BCUT2D eigenvalue weighted by atomic mass is 79.9. The fourth-order valence-electron chi connectivity index (χ4n) is 4.28. The zero-order valence-corrected chi connectivity index (χ0v) is 17.3. The lowest BCUT2D eigenvalue weighted by molar-refractivity contribution is -0.144. The SMILES string of the molecule is COc1cc(C=NN2C(=O)C3C4C=CC(C4)C3C2=O)cc(Br)c1OC(C)C(=O)O. The van der Waals surface area contributed by atoms with E-state index in [1.807, 2.05) is 12.2 Å². The summed E-state index contributed by atoms with van der Waals surface area (Å²) in [6.45, 7) is 1.41. The third-order valence-electron chi connectivity index (χ3n) is 5.66. The third-order valence-corrected chi connectivity index (χ3v) is 6.25. The lowest BCUT2D eigenvalue weighted by Crippen LogP contribution is -2.28. The van der Waals surface area contributed by atoms with E-state index < -0.39 is 12.1 Å². The summed E-state index contributed by atoms with van der Waals surface area (Å²) in [6, 6.07) is 3.24. The number of allylic oxidation sites excluding steroid dienone is 2. The van der Waals surface area contributed by atoms with Gasteiger partial charge in [0.2, 0.25) is 0 Å². The van der Waals surface area contributed by atoms with Gasteiger partial charge in [0.15, 0.2) is 17.6 Å². The lowest BCUT2D eigenvalue weighted by atomic mass is 9.85. The van der Waals surface area contributed by atoms with Gasteiger partial charge in [-0.1, -0.05) is 12.2 Å². The normalized spacial score (nSPS) is 28.3. The quantitative estimate of drug-likeness (QED) is 0.395. The number of fused-ring (bicyclic) bond motifs is 5. The van der Waals surface area contributed by atoms with Crippen molar-refractivity contribution in [3.63, 3.8) is 0 Å². The number of amides is 2. The molecule has 9 heteroatoms.